The van der Waals surface area contributed by atoms with E-state index in [4.69, 9.17) is 0 Å². The molecule has 3 rings (SSSR count). The number of carbonyl (C=O) groups is 1. The SMILES string of the molecule is CCN1CCN(c2nccc(C(=O)N(CC)Cc3ccccc3)n2)CC1. The van der Waals surface area contributed by atoms with E-state index in [1.165, 1.54) is 0 Å². The molecule has 0 atom stereocenters. The predicted octanol–water partition coefficient (Wildman–Crippen LogP) is 2.28. The second-order valence-corrected chi connectivity index (χ2v) is 6.47. The van der Waals surface area contributed by atoms with Gasteiger partial charge < -0.3 is 14.7 Å². The summed E-state index contributed by atoms with van der Waals surface area (Å²) < 4.78 is 0. The van der Waals surface area contributed by atoms with Gasteiger partial charge in [-0.05, 0) is 25.1 Å². The molecule has 1 aliphatic rings. The van der Waals surface area contributed by atoms with Crippen LogP contribution >= 0.6 is 0 Å². The van der Waals surface area contributed by atoms with Gasteiger partial charge >= 0.3 is 0 Å². The number of rotatable bonds is 6. The quantitative estimate of drug-likeness (QED) is 0.797. The molecule has 1 saturated heterocycles. The number of anilines is 1. The Morgan fingerprint density at radius 2 is 1.81 bits per heavy atom. The van der Waals surface area contributed by atoms with Gasteiger partial charge in [0.15, 0.2) is 0 Å². The summed E-state index contributed by atoms with van der Waals surface area (Å²) in [5.41, 5.74) is 1.58. The van der Waals surface area contributed by atoms with Crippen LogP contribution in [-0.2, 0) is 6.54 Å². The normalized spacial score (nSPS) is 15.1. The van der Waals surface area contributed by atoms with Gasteiger partial charge in [0.05, 0.1) is 0 Å². The van der Waals surface area contributed by atoms with Crippen LogP contribution in [0.2, 0.25) is 0 Å². The average molecular weight is 353 g/mol. The molecule has 2 aromatic rings. The third-order valence-corrected chi connectivity index (χ3v) is 4.85. The molecule has 138 valence electrons. The molecule has 0 saturated carbocycles. The van der Waals surface area contributed by atoms with Crippen LogP contribution in [0.5, 0.6) is 0 Å². The molecule has 26 heavy (non-hydrogen) atoms. The van der Waals surface area contributed by atoms with Crippen LogP contribution in [0.3, 0.4) is 0 Å². The van der Waals surface area contributed by atoms with Gasteiger partial charge in [0, 0.05) is 45.5 Å². The van der Waals surface area contributed by atoms with E-state index >= 15 is 0 Å². The minimum atomic E-state index is -0.0489. The monoisotopic (exact) mass is 353 g/mol. The summed E-state index contributed by atoms with van der Waals surface area (Å²) in [6, 6.07) is 11.8. The molecule has 0 spiro atoms. The van der Waals surface area contributed by atoms with E-state index in [0.717, 1.165) is 38.3 Å². The summed E-state index contributed by atoms with van der Waals surface area (Å²) >= 11 is 0. The van der Waals surface area contributed by atoms with E-state index in [0.29, 0.717) is 24.7 Å². The highest BCUT2D eigenvalue weighted by atomic mass is 16.2. The summed E-state index contributed by atoms with van der Waals surface area (Å²) in [7, 11) is 0. The van der Waals surface area contributed by atoms with Crippen LogP contribution in [0.25, 0.3) is 0 Å². The molecule has 0 aliphatic carbocycles. The maximum atomic E-state index is 12.9. The highest BCUT2D eigenvalue weighted by Gasteiger charge is 2.21. The minimum Gasteiger partial charge on any atom is -0.338 e. The first kappa shape index (κ1) is 18.3. The van der Waals surface area contributed by atoms with Gasteiger partial charge in [0.1, 0.15) is 5.69 Å². The number of carbonyl (C=O) groups excluding carboxylic acids is 1. The second kappa shape index (κ2) is 8.76. The Labute approximate surface area is 155 Å². The smallest absolute Gasteiger partial charge is 0.272 e. The lowest BCUT2D eigenvalue weighted by Gasteiger charge is -2.34. The first-order chi connectivity index (χ1) is 12.7. The topological polar surface area (TPSA) is 52.6 Å². The van der Waals surface area contributed by atoms with Crippen molar-refractivity contribution >= 4 is 11.9 Å². The maximum absolute atomic E-state index is 12.9. The molecule has 1 fully saturated rings. The zero-order chi connectivity index (χ0) is 18.4. The van der Waals surface area contributed by atoms with Gasteiger partial charge in [-0.1, -0.05) is 37.3 Å². The lowest BCUT2D eigenvalue weighted by Crippen LogP contribution is -2.46. The third-order valence-electron chi connectivity index (χ3n) is 4.85. The molecule has 2 heterocycles. The van der Waals surface area contributed by atoms with Crippen molar-refractivity contribution in [2.24, 2.45) is 0 Å². The maximum Gasteiger partial charge on any atom is 0.272 e. The van der Waals surface area contributed by atoms with Crippen molar-refractivity contribution in [3.63, 3.8) is 0 Å². The van der Waals surface area contributed by atoms with Gasteiger partial charge in [-0.15, -0.1) is 0 Å². The van der Waals surface area contributed by atoms with Crippen LogP contribution in [-0.4, -0.2) is 64.9 Å². The van der Waals surface area contributed by atoms with Crippen molar-refractivity contribution in [2.45, 2.75) is 20.4 Å². The summed E-state index contributed by atoms with van der Waals surface area (Å²) in [5.74, 6) is 0.606. The third kappa shape index (κ3) is 4.38. The Hall–Kier alpha value is -2.47. The summed E-state index contributed by atoms with van der Waals surface area (Å²) in [4.78, 5) is 28.3. The summed E-state index contributed by atoms with van der Waals surface area (Å²) in [6.07, 6.45) is 1.69. The largest absolute Gasteiger partial charge is 0.338 e. The molecule has 6 nitrogen and oxygen atoms in total. The van der Waals surface area contributed by atoms with Gasteiger partial charge in [0.25, 0.3) is 5.91 Å². The van der Waals surface area contributed by atoms with Crippen molar-refractivity contribution in [1.29, 1.82) is 0 Å². The number of nitrogens with zero attached hydrogens (tertiary/aromatic N) is 5. The first-order valence-electron chi connectivity index (χ1n) is 9.34. The molecule has 1 amide bonds. The molecule has 1 aromatic carbocycles. The van der Waals surface area contributed by atoms with Crippen molar-refractivity contribution in [1.82, 2.24) is 19.8 Å². The molecule has 0 radical (unpaired) electrons. The second-order valence-electron chi connectivity index (χ2n) is 6.47. The number of benzene rings is 1. The van der Waals surface area contributed by atoms with E-state index in [1.54, 1.807) is 12.3 Å². The number of likely N-dealkylation sites (N-methyl/N-ethyl adjacent to an activating group) is 1. The zero-order valence-corrected chi connectivity index (χ0v) is 15.6. The Morgan fingerprint density at radius 3 is 2.46 bits per heavy atom. The Morgan fingerprint density at radius 1 is 1.08 bits per heavy atom. The van der Waals surface area contributed by atoms with Gasteiger partial charge in [-0.3, -0.25) is 4.79 Å². The Kier molecular flexibility index (Phi) is 6.17. The number of piperazine rings is 1. The fourth-order valence-corrected chi connectivity index (χ4v) is 3.18. The first-order valence-corrected chi connectivity index (χ1v) is 9.34. The molecular weight excluding hydrogens is 326 g/mol. The van der Waals surface area contributed by atoms with E-state index in [9.17, 15) is 4.79 Å². The predicted molar refractivity (Wildman–Crippen MR) is 103 cm³/mol. The summed E-state index contributed by atoms with van der Waals surface area (Å²) in [6.45, 7) is 10.3. The molecule has 1 aromatic heterocycles. The highest BCUT2D eigenvalue weighted by molar-refractivity contribution is 5.92. The minimum absolute atomic E-state index is 0.0489. The average Bonchev–Trinajstić information content (AvgIpc) is 2.72. The van der Waals surface area contributed by atoms with Crippen molar-refractivity contribution in [2.75, 3.05) is 44.2 Å². The zero-order valence-electron chi connectivity index (χ0n) is 15.6. The van der Waals surface area contributed by atoms with E-state index in [1.807, 2.05) is 42.2 Å². The van der Waals surface area contributed by atoms with Crippen molar-refractivity contribution < 1.29 is 4.79 Å². The summed E-state index contributed by atoms with van der Waals surface area (Å²) in [5, 5.41) is 0. The fourth-order valence-electron chi connectivity index (χ4n) is 3.18. The molecule has 0 bridgehead atoms. The van der Waals surface area contributed by atoms with Gasteiger partial charge in [0.2, 0.25) is 5.95 Å². The number of hydrogen-bond acceptors (Lipinski definition) is 5. The Balaban J connectivity index is 1.71. The van der Waals surface area contributed by atoms with Crippen LogP contribution in [0.15, 0.2) is 42.6 Å². The Bertz CT molecular complexity index is 713. The molecular formula is C20H27N5O. The lowest BCUT2D eigenvalue weighted by molar-refractivity contribution is 0.0746. The molecule has 0 unspecified atom stereocenters. The molecule has 0 N–H and O–H groups in total. The lowest BCUT2D eigenvalue weighted by atomic mass is 10.2. The standard InChI is InChI=1S/C20H27N5O/c1-3-23-12-14-25(15-13-23)20-21-11-10-18(22-20)19(26)24(4-2)16-17-8-6-5-7-9-17/h5-11H,3-4,12-16H2,1-2H3. The number of amides is 1. The van der Waals surface area contributed by atoms with Crippen LogP contribution in [0.1, 0.15) is 29.9 Å². The van der Waals surface area contributed by atoms with E-state index in [2.05, 4.69) is 26.7 Å². The molecule has 1 aliphatic heterocycles. The van der Waals surface area contributed by atoms with E-state index in [-0.39, 0.29) is 5.91 Å². The highest BCUT2D eigenvalue weighted by Crippen LogP contribution is 2.14. The van der Waals surface area contributed by atoms with Crippen molar-refractivity contribution in [3.8, 4) is 0 Å². The van der Waals surface area contributed by atoms with Crippen molar-refractivity contribution in [3.05, 3.63) is 53.9 Å². The fraction of sp³-hybridized carbons (Fsp3) is 0.450. The van der Waals surface area contributed by atoms with Crippen LogP contribution < -0.4 is 4.90 Å². The van der Waals surface area contributed by atoms with Gasteiger partial charge in [-0.25, -0.2) is 9.97 Å². The van der Waals surface area contributed by atoms with E-state index < -0.39 is 0 Å². The van der Waals surface area contributed by atoms with Crippen LogP contribution in [0, 0.1) is 0 Å². The van der Waals surface area contributed by atoms with Crippen LogP contribution in [0.4, 0.5) is 5.95 Å². The number of hydrogen-bond donors (Lipinski definition) is 0. The molecule has 6 heteroatoms. The van der Waals surface area contributed by atoms with Gasteiger partial charge in [-0.2, -0.15) is 0 Å². The number of aromatic nitrogens is 2.